The zero-order valence-electron chi connectivity index (χ0n) is 14.6. The number of hydrogen-bond donors (Lipinski definition) is 3. The number of hydrogen-bond acceptors (Lipinski definition) is 7. The molecule has 0 aromatic carbocycles. The molecular formula is C19H22N6O. The van der Waals surface area contributed by atoms with Gasteiger partial charge in [-0.1, -0.05) is 0 Å². The molecule has 0 spiro atoms. The van der Waals surface area contributed by atoms with Gasteiger partial charge in [0.2, 0.25) is 5.95 Å². The summed E-state index contributed by atoms with van der Waals surface area (Å²) in [6, 6.07) is 9.59. The van der Waals surface area contributed by atoms with Crippen molar-refractivity contribution >= 4 is 11.8 Å². The molecule has 0 unspecified atom stereocenters. The summed E-state index contributed by atoms with van der Waals surface area (Å²) in [6.07, 6.45) is 7.92. The van der Waals surface area contributed by atoms with Gasteiger partial charge in [-0.3, -0.25) is 9.97 Å². The van der Waals surface area contributed by atoms with Crippen molar-refractivity contribution in [2.24, 2.45) is 0 Å². The lowest BCUT2D eigenvalue weighted by Gasteiger charge is -2.14. The van der Waals surface area contributed by atoms with Crippen molar-refractivity contribution in [3.63, 3.8) is 0 Å². The van der Waals surface area contributed by atoms with Gasteiger partial charge >= 0.3 is 0 Å². The van der Waals surface area contributed by atoms with Crippen LogP contribution in [-0.4, -0.2) is 44.2 Å². The Balaban J connectivity index is 1.77. The number of aliphatic hydroxyl groups excluding tert-OH is 1. The van der Waals surface area contributed by atoms with Crippen LogP contribution in [0.3, 0.4) is 0 Å². The van der Waals surface area contributed by atoms with Crippen molar-refractivity contribution in [3.8, 4) is 11.3 Å². The van der Waals surface area contributed by atoms with Crippen molar-refractivity contribution in [1.29, 1.82) is 0 Å². The molecule has 0 aliphatic carbocycles. The molecule has 7 heteroatoms. The lowest BCUT2D eigenvalue weighted by atomic mass is 10.2. The minimum atomic E-state index is -0.132. The summed E-state index contributed by atoms with van der Waals surface area (Å²) < 4.78 is 0. The first-order valence-corrected chi connectivity index (χ1v) is 8.54. The van der Waals surface area contributed by atoms with E-state index in [1.54, 1.807) is 24.8 Å². The van der Waals surface area contributed by atoms with Crippen molar-refractivity contribution in [2.45, 2.75) is 19.4 Å². The van der Waals surface area contributed by atoms with Crippen LogP contribution in [-0.2, 0) is 6.42 Å². The highest BCUT2D eigenvalue weighted by molar-refractivity contribution is 5.63. The minimum Gasteiger partial charge on any atom is -0.394 e. The molecule has 0 fully saturated rings. The van der Waals surface area contributed by atoms with Gasteiger partial charge in [0.25, 0.3) is 0 Å². The fourth-order valence-electron chi connectivity index (χ4n) is 2.42. The average molecular weight is 350 g/mol. The molecule has 26 heavy (non-hydrogen) atoms. The molecule has 0 amide bonds. The molecule has 0 saturated carbocycles. The Morgan fingerprint density at radius 1 is 1.00 bits per heavy atom. The molecule has 7 nitrogen and oxygen atoms in total. The van der Waals surface area contributed by atoms with E-state index in [2.05, 4.69) is 30.6 Å². The van der Waals surface area contributed by atoms with E-state index >= 15 is 0 Å². The standard InChI is InChI=1S/C19H22N6O/c1-14(13-26)23-19-24-17(16-5-9-21-10-6-16)12-18(25-19)22-11-4-15-2-7-20-8-3-15/h2-3,5-10,12,14,26H,4,11,13H2,1H3,(H2,22,23,24,25)/t14-/m1/s1. The summed E-state index contributed by atoms with van der Waals surface area (Å²) in [5.74, 6) is 1.21. The van der Waals surface area contributed by atoms with Crippen LogP contribution in [0.2, 0.25) is 0 Å². The fourth-order valence-corrected chi connectivity index (χ4v) is 2.42. The van der Waals surface area contributed by atoms with Crippen LogP contribution in [0.4, 0.5) is 11.8 Å². The lowest BCUT2D eigenvalue weighted by Crippen LogP contribution is -2.21. The third-order valence-electron chi connectivity index (χ3n) is 3.82. The SMILES string of the molecule is C[C@H](CO)Nc1nc(NCCc2ccncc2)cc(-c2ccncc2)n1. The molecule has 0 bridgehead atoms. The normalized spacial score (nSPS) is 11.8. The summed E-state index contributed by atoms with van der Waals surface area (Å²) in [7, 11) is 0. The summed E-state index contributed by atoms with van der Waals surface area (Å²) in [4.78, 5) is 17.1. The molecule has 3 aromatic rings. The number of anilines is 2. The first kappa shape index (κ1) is 17.8. The maximum absolute atomic E-state index is 9.27. The van der Waals surface area contributed by atoms with Gasteiger partial charge in [0.15, 0.2) is 0 Å². The van der Waals surface area contributed by atoms with Gasteiger partial charge in [0, 0.05) is 49.0 Å². The van der Waals surface area contributed by atoms with E-state index in [4.69, 9.17) is 0 Å². The smallest absolute Gasteiger partial charge is 0.225 e. The van der Waals surface area contributed by atoms with Crippen molar-refractivity contribution in [1.82, 2.24) is 19.9 Å². The molecule has 3 heterocycles. The molecule has 0 aliphatic rings. The highest BCUT2D eigenvalue weighted by Crippen LogP contribution is 2.21. The van der Waals surface area contributed by atoms with E-state index in [1.165, 1.54) is 5.56 Å². The van der Waals surface area contributed by atoms with Crippen molar-refractivity contribution in [3.05, 3.63) is 60.7 Å². The molecule has 3 N–H and O–H groups in total. The average Bonchev–Trinajstić information content (AvgIpc) is 2.69. The Labute approximate surface area is 152 Å². The van der Waals surface area contributed by atoms with Crippen molar-refractivity contribution < 1.29 is 5.11 Å². The summed E-state index contributed by atoms with van der Waals surface area (Å²) in [5, 5.41) is 15.7. The minimum absolute atomic E-state index is 0.00759. The molecule has 3 rings (SSSR count). The van der Waals surface area contributed by atoms with Crippen LogP contribution in [0.1, 0.15) is 12.5 Å². The predicted octanol–water partition coefficient (Wildman–Crippen LogP) is 2.38. The zero-order valence-corrected chi connectivity index (χ0v) is 14.6. The van der Waals surface area contributed by atoms with E-state index in [0.29, 0.717) is 5.95 Å². The second-order valence-electron chi connectivity index (χ2n) is 5.96. The van der Waals surface area contributed by atoms with Gasteiger partial charge in [-0.25, -0.2) is 4.98 Å². The second-order valence-corrected chi connectivity index (χ2v) is 5.96. The van der Waals surface area contributed by atoms with Gasteiger partial charge < -0.3 is 15.7 Å². The maximum atomic E-state index is 9.27. The molecule has 1 atom stereocenters. The molecule has 0 saturated heterocycles. The number of nitrogens with one attached hydrogen (secondary N) is 2. The maximum Gasteiger partial charge on any atom is 0.225 e. The van der Waals surface area contributed by atoms with Crippen LogP contribution in [0.5, 0.6) is 0 Å². The first-order valence-electron chi connectivity index (χ1n) is 8.54. The number of rotatable bonds is 8. The summed E-state index contributed by atoms with van der Waals surface area (Å²) >= 11 is 0. The van der Waals surface area contributed by atoms with Gasteiger partial charge in [0.05, 0.1) is 12.3 Å². The van der Waals surface area contributed by atoms with Gasteiger partial charge in [-0.2, -0.15) is 4.98 Å². The monoisotopic (exact) mass is 350 g/mol. The number of pyridine rings is 2. The van der Waals surface area contributed by atoms with Crippen LogP contribution in [0.25, 0.3) is 11.3 Å². The quantitative estimate of drug-likeness (QED) is 0.574. The predicted molar refractivity (Wildman–Crippen MR) is 102 cm³/mol. The highest BCUT2D eigenvalue weighted by atomic mass is 16.3. The fraction of sp³-hybridized carbons (Fsp3) is 0.263. The number of aromatic nitrogens is 4. The molecule has 0 aliphatic heterocycles. The van der Waals surface area contributed by atoms with Gasteiger partial charge in [-0.05, 0) is 43.2 Å². The van der Waals surface area contributed by atoms with E-state index in [9.17, 15) is 5.11 Å². The Morgan fingerprint density at radius 2 is 1.69 bits per heavy atom. The Hall–Kier alpha value is -3.06. The number of aliphatic hydroxyl groups is 1. The molecule has 0 radical (unpaired) electrons. The molecule has 3 aromatic heterocycles. The third kappa shape index (κ3) is 4.97. The summed E-state index contributed by atoms with van der Waals surface area (Å²) in [5.41, 5.74) is 2.96. The van der Waals surface area contributed by atoms with E-state index in [1.807, 2.05) is 37.3 Å². The van der Waals surface area contributed by atoms with E-state index in [0.717, 1.165) is 30.0 Å². The number of nitrogens with zero attached hydrogens (tertiary/aromatic N) is 4. The Kier molecular flexibility index (Phi) is 6.05. The van der Waals surface area contributed by atoms with E-state index < -0.39 is 0 Å². The zero-order chi connectivity index (χ0) is 18.2. The molecular weight excluding hydrogens is 328 g/mol. The lowest BCUT2D eigenvalue weighted by molar-refractivity contribution is 0.281. The van der Waals surface area contributed by atoms with Gasteiger partial charge in [-0.15, -0.1) is 0 Å². The van der Waals surface area contributed by atoms with Crippen LogP contribution >= 0.6 is 0 Å². The Bertz CT molecular complexity index is 813. The highest BCUT2D eigenvalue weighted by Gasteiger charge is 2.09. The van der Waals surface area contributed by atoms with Crippen molar-refractivity contribution in [2.75, 3.05) is 23.8 Å². The van der Waals surface area contributed by atoms with Crippen LogP contribution < -0.4 is 10.6 Å². The summed E-state index contributed by atoms with van der Waals surface area (Å²) in [6.45, 7) is 2.62. The Morgan fingerprint density at radius 3 is 2.38 bits per heavy atom. The largest absolute Gasteiger partial charge is 0.394 e. The topological polar surface area (TPSA) is 95.8 Å². The first-order chi connectivity index (χ1) is 12.7. The second kappa shape index (κ2) is 8.87. The van der Waals surface area contributed by atoms with Crippen LogP contribution in [0.15, 0.2) is 55.1 Å². The van der Waals surface area contributed by atoms with Crippen LogP contribution in [0, 0.1) is 0 Å². The third-order valence-corrected chi connectivity index (χ3v) is 3.82. The van der Waals surface area contributed by atoms with E-state index in [-0.39, 0.29) is 12.6 Å². The van der Waals surface area contributed by atoms with Gasteiger partial charge in [0.1, 0.15) is 5.82 Å². The molecule has 134 valence electrons.